The molecule has 106 valence electrons. The Morgan fingerprint density at radius 2 is 2.21 bits per heavy atom. The van der Waals surface area contributed by atoms with Crippen molar-refractivity contribution in [3.63, 3.8) is 0 Å². The van der Waals surface area contributed by atoms with Crippen LogP contribution in [0.1, 0.15) is 25.3 Å². The Balaban J connectivity index is 2.06. The fourth-order valence-corrected chi connectivity index (χ4v) is 2.89. The van der Waals surface area contributed by atoms with Gasteiger partial charge in [-0.05, 0) is 34.5 Å². The predicted octanol–water partition coefficient (Wildman–Crippen LogP) is 3.30. The van der Waals surface area contributed by atoms with Gasteiger partial charge in [-0.15, -0.1) is 0 Å². The van der Waals surface area contributed by atoms with Crippen LogP contribution in [0.25, 0.3) is 0 Å². The van der Waals surface area contributed by atoms with Crippen molar-refractivity contribution in [2.24, 2.45) is 0 Å². The molecule has 1 fully saturated rings. The third-order valence-corrected chi connectivity index (χ3v) is 4.11. The quantitative estimate of drug-likeness (QED) is 0.851. The maximum absolute atomic E-state index is 13.9. The van der Waals surface area contributed by atoms with E-state index in [9.17, 15) is 8.78 Å². The minimum atomic E-state index is -0.481. The van der Waals surface area contributed by atoms with Crippen molar-refractivity contribution < 1.29 is 8.78 Å². The largest absolute Gasteiger partial charge is 0.311 e. The third kappa shape index (κ3) is 3.74. The Morgan fingerprint density at radius 3 is 2.95 bits per heavy atom. The number of nitrogens with one attached hydrogen (secondary N) is 1. The molecule has 0 amide bonds. The molecule has 1 N–H and O–H groups in total. The van der Waals surface area contributed by atoms with Gasteiger partial charge < -0.3 is 5.32 Å². The number of rotatable bonds is 4. The summed E-state index contributed by atoms with van der Waals surface area (Å²) < 4.78 is 28.0. The van der Waals surface area contributed by atoms with Crippen LogP contribution in [0.15, 0.2) is 16.6 Å². The molecule has 0 aliphatic carbocycles. The summed E-state index contributed by atoms with van der Waals surface area (Å²) in [5, 5.41) is 3.44. The van der Waals surface area contributed by atoms with E-state index >= 15 is 0 Å². The molecule has 1 aromatic rings. The first-order valence-electron chi connectivity index (χ1n) is 6.70. The molecule has 0 bridgehead atoms. The number of nitrogens with zero attached hydrogens (tertiary/aromatic N) is 1. The second kappa shape index (κ2) is 6.77. The van der Waals surface area contributed by atoms with Gasteiger partial charge in [0.05, 0.1) is 4.47 Å². The lowest BCUT2D eigenvalue weighted by Gasteiger charge is -2.33. The van der Waals surface area contributed by atoms with Gasteiger partial charge in [-0.2, -0.15) is 0 Å². The molecule has 2 nitrogen and oxygen atoms in total. The van der Waals surface area contributed by atoms with Gasteiger partial charge in [-0.25, -0.2) is 8.78 Å². The number of benzene rings is 1. The van der Waals surface area contributed by atoms with Gasteiger partial charge in [-0.1, -0.05) is 13.3 Å². The van der Waals surface area contributed by atoms with Crippen molar-refractivity contribution in [1.82, 2.24) is 10.2 Å². The Labute approximate surface area is 121 Å². The van der Waals surface area contributed by atoms with Crippen LogP contribution < -0.4 is 5.32 Å². The van der Waals surface area contributed by atoms with E-state index in [4.69, 9.17) is 0 Å². The zero-order chi connectivity index (χ0) is 13.8. The van der Waals surface area contributed by atoms with E-state index in [-0.39, 0.29) is 5.56 Å². The lowest BCUT2D eigenvalue weighted by molar-refractivity contribution is 0.182. The molecule has 1 unspecified atom stereocenters. The fraction of sp³-hybridized carbons (Fsp3) is 0.571. The van der Waals surface area contributed by atoms with E-state index < -0.39 is 11.6 Å². The maximum atomic E-state index is 13.9. The van der Waals surface area contributed by atoms with Crippen molar-refractivity contribution in [1.29, 1.82) is 0 Å². The smallest absolute Gasteiger partial charge is 0.144 e. The SMILES string of the molecule is CCCC1CN(Cc2c(F)ccc(Br)c2F)CCN1. The molecule has 0 radical (unpaired) electrons. The molecule has 1 aliphatic rings. The van der Waals surface area contributed by atoms with Crippen LogP contribution in [-0.2, 0) is 6.54 Å². The molecule has 19 heavy (non-hydrogen) atoms. The van der Waals surface area contributed by atoms with Crippen molar-refractivity contribution in [3.8, 4) is 0 Å². The number of hydrogen-bond acceptors (Lipinski definition) is 2. The summed E-state index contributed by atoms with van der Waals surface area (Å²) in [7, 11) is 0. The Hall–Kier alpha value is -0.520. The number of piperazine rings is 1. The minimum Gasteiger partial charge on any atom is -0.311 e. The molecule has 1 heterocycles. The van der Waals surface area contributed by atoms with Crippen LogP contribution in [0, 0.1) is 11.6 Å². The molecule has 2 rings (SSSR count). The van der Waals surface area contributed by atoms with Gasteiger partial charge in [0, 0.05) is 37.8 Å². The molecule has 1 saturated heterocycles. The van der Waals surface area contributed by atoms with E-state index in [0.29, 0.717) is 17.1 Å². The average molecular weight is 333 g/mol. The van der Waals surface area contributed by atoms with Gasteiger partial charge in [0.1, 0.15) is 11.6 Å². The van der Waals surface area contributed by atoms with Crippen LogP contribution in [0.2, 0.25) is 0 Å². The number of hydrogen-bond donors (Lipinski definition) is 1. The summed E-state index contributed by atoms with van der Waals surface area (Å²) in [5.74, 6) is -0.947. The molecule has 0 spiro atoms. The second-order valence-electron chi connectivity index (χ2n) is 5.00. The lowest BCUT2D eigenvalue weighted by atomic mass is 10.1. The van der Waals surface area contributed by atoms with E-state index in [1.807, 2.05) is 0 Å². The maximum Gasteiger partial charge on any atom is 0.144 e. The van der Waals surface area contributed by atoms with Crippen LogP contribution in [0.4, 0.5) is 8.78 Å². The highest BCUT2D eigenvalue weighted by Crippen LogP contribution is 2.23. The zero-order valence-electron chi connectivity index (χ0n) is 11.1. The van der Waals surface area contributed by atoms with Gasteiger partial charge in [0.2, 0.25) is 0 Å². The van der Waals surface area contributed by atoms with Gasteiger partial charge in [-0.3, -0.25) is 4.90 Å². The van der Waals surface area contributed by atoms with Crippen LogP contribution >= 0.6 is 15.9 Å². The molecular formula is C14H19BrF2N2. The molecule has 0 aromatic heterocycles. The summed E-state index contributed by atoms with van der Waals surface area (Å²) in [5.41, 5.74) is 0.159. The average Bonchev–Trinajstić information content (AvgIpc) is 2.40. The molecular weight excluding hydrogens is 314 g/mol. The van der Waals surface area contributed by atoms with Crippen LogP contribution in [0.3, 0.4) is 0 Å². The van der Waals surface area contributed by atoms with Crippen molar-refractivity contribution in [3.05, 3.63) is 33.8 Å². The van der Waals surface area contributed by atoms with E-state index in [0.717, 1.165) is 32.5 Å². The minimum absolute atomic E-state index is 0.159. The second-order valence-corrected chi connectivity index (χ2v) is 5.85. The molecule has 1 aromatic carbocycles. The molecule has 0 saturated carbocycles. The lowest BCUT2D eigenvalue weighted by Crippen LogP contribution is -2.50. The van der Waals surface area contributed by atoms with Crippen molar-refractivity contribution >= 4 is 15.9 Å². The van der Waals surface area contributed by atoms with Crippen LogP contribution in [-0.4, -0.2) is 30.6 Å². The summed E-state index contributed by atoms with van der Waals surface area (Å²) in [6, 6.07) is 3.15. The van der Waals surface area contributed by atoms with Gasteiger partial charge in [0.25, 0.3) is 0 Å². The van der Waals surface area contributed by atoms with E-state index in [1.54, 1.807) is 0 Å². The van der Waals surface area contributed by atoms with Gasteiger partial charge in [0.15, 0.2) is 0 Å². The normalized spacial score (nSPS) is 20.7. The molecule has 5 heteroatoms. The summed E-state index contributed by atoms with van der Waals surface area (Å²) in [6.07, 6.45) is 2.21. The number of halogens is 3. The highest BCUT2D eigenvalue weighted by molar-refractivity contribution is 9.10. The third-order valence-electron chi connectivity index (χ3n) is 3.50. The Bertz CT molecular complexity index is 438. The first-order chi connectivity index (χ1) is 9.11. The summed E-state index contributed by atoms with van der Waals surface area (Å²) in [4.78, 5) is 2.12. The predicted molar refractivity (Wildman–Crippen MR) is 76.0 cm³/mol. The van der Waals surface area contributed by atoms with Crippen LogP contribution in [0.5, 0.6) is 0 Å². The van der Waals surface area contributed by atoms with E-state index in [1.165, 1.54) is 12.1 Å². The van der Waals surface area contributed by atoms with Crippen molar-refractivity contribution in [2.75, 3.05) is 19.6 Å². The van der Waals surface area contributed by atoms with Crippen molar-refractivity contribution in [2.45, 2.75) is 32.4 Å². The monoisotopic (exact) mass is 332 g/mol. The Morgan fingerprint density at radius 1 is 1.42 bits per heavy atom. The highest BCUT2D eigenvalue weighted by Gasteiger charge is 2.21. The zero-order valence-corrected chi connectivity index (χ0v) is 12.6. The van der Waals surface area contributed by atoms with E-state index in [2.05, 4.69) is 33.1 Å². The highest BCUT2D eigenvalue weighted by atomic mass is 79.9. The summed E-state index contributed by atoms with van der Waals surface area (Å²) >= 11 is 3.11. The topological polar surface area (TPSA) is 15.3 Å². The van der Waals surface area contributed by atoms with Gasteiger partial charge >= 0.3 is 0 Å². The fourth-order valence-electron chi connectivity index (χ4n) is 2.52. The first kappa shape index (κ1) is 14.9. The standard InChI is InChI=1S/C14H19BrF2N2/c1-2-3-10-8-19(7-6-18-10)9-11-13(16)5-4-12(15)14(11)17/h4-5,10,18H,2-3,6-9H2,1H3. The summed E-state index contributed by atoms with van der Waals surface area (Å²) in [6.45, 7) is 5.03. The molecule has 1 atom stereocenters. The first-order valence-corrected chi connectivity index (χ1v) is 7.49. The Kier molecular flexibility index (Phi) is 5.30. The molecule has 1 aliphatic heterocycles.